The molecule has 2 aromatic rings. The molecule has 1 saturated heterocycles. The number of rotatable bonds is 5. The van der Waals surface area contributed by atoms with Crippen molar-refractivity contribution in [3.8, 4) is 0 Å². The van der Waals surface area contributed by atoms with E-state index in [0.29, 0.717) is 5.92 Å². The van der Waals surface area contributed by atoms with E-state index in [1.54, 1.807) is 6.07 Å². The number of ether oxygens (including phenoxy) is 1. The Balaban J connectivity index is 1.63. The first kappa shape index (κ1) is 14.7. The molecule has 23 heavy (non-hydrogen) atoms. The summed E-state index contributed by atoms with van der Waals surface area (Å²) in [6, 6.07) is 3.87. The van der Waals surface area contributed by atoms with Gasteiger partial charge >= 0.3 is 5.97 Å². The molecule has 4 rings (SSSR count). The maximum Gasteiger partial charge on any atom is 0.337 e. The largest absolute Gasteiger partial charge is 0.478 e. The first-order valence-corrected chi connectivity index (χ1v) is 8.25. The molecule has 3 heterocycles. The highest BCUT2D eigenvalue weighted by atomic mass is 16.5. The van der Waals surface area contributed by atoms with Crippen molar-refractivity contribution in [3.05, 3.63) is 29.6 Å². The summed E-state index contributed by atoms with van der Waals surface area (Å²) in [7, 11) is 0. The van der Waals surface area contributed by atoms with Crippen LogP contribution in [0.4, 0.5) is 0 Å². The van der Waals surface area contributed by atoms with Gasteiger partial charge in [-0.15, -0.1) is 0 Å². The molecule has 0 amide bonds. The molecule has 0 radical (unpaired) electrons. The van der Waals surface area contributed by atoms with Crippen LogP contribution >= 0.6 is 0 Å². The van der Waals surface area contributed by atoms with Gasteiger partial charge in [-0.05, 0) is 30.9 Å². The van der Waals surface area contributed by atoms with Gasteiger partial charge in [-0.1, -0.05) is 0 Å². The first-order valence-electron chi connectivity index (χ1n) is 8.25. The van der Waals surface area contributed by atoms with Crippen molar-refractivity contribution in [1.82, 2.24) is 14.5 Å². The molecule has 0 spiro atoms. The van der Waals surface area contributed by atoms with E-state index in [1.807, 2.05) is 0 Å². The van der Waals surface area contributed by atoms with Crippen LogP contribution in [0.3, 0.4) is 0 Å². The molecule has 0 unspecified atom stereocenters. The van der Waals surface area contributed by atoms with Crippen LogP contribution in [0.2, 0.25) is 0 Å². The lowest BCUT2D eigenvalue weighted by Crippen LogP contribution is -2.38. The smallest absolute Gasteiger partial charge is 0.337 e. The molecule has 2 aliphatic rings. The second-order valence-corrected chi connectivity index (χ2v) is 6.39. The van der Waals surface area contributed by atoms with E-state index in [4.69, 9.17) is 9.84 Å². The third-order valence-electron chi connectivity index (χ3n) is 4.75. The summed E-state index contributed by atoms with van der Waals surface area (Å²) in [4.78, 5) is 18.0. The fourth-order valence-electron chi connectivity index (χ4n) is 3.30. The SMILES string of the molecule is O=C(O)c1cnc2c(c1)cc(C1CC1)n2CCN1CCOCC1. The van der Waals surface area contributed by atoms with Gasteiger partial charge < -0.3 is 14.4 Å². The lowest BCUT2D eigenvalue weighted by molar-refractivity contribution is 0.0364. The molecular weight excluding hydrogens is 294 g/mol. The Bertz CT molecular complexity index is 730. The van der Waals surface area contributed by atoms with Crippen LogP contribution in [0.25, 0.3) is 11.0 Å². The number of pyridine rings is 1. The number of aromatic carboxylic acids is 1. The zero-order valence-corrected chi connectivity index (χ0v) is 13.1. The van der Waals surface area contributed by atoms with Crippen LogP contribution in [0.15, 0.2) is 18.3 Å². The molecule has 6 heteroatoms. The number of carboxylic acids is 1. The molecule has 0 aromatic carbocycles. The van der Waals surface area contributed by atoms with Crippen molar-refractivity contribution in [3.63, 3.8) is 0 Å². The lowest BCUT2D eigenvalue weighted by atomic mass is 10.2. The van der Waals surface area contributed by atoms with E-state index < -0.39 is 5.97 Å². The van der Waals surface area contributed by atoms with Gasteiger partial charge in [0.2, 0.25) is 0 Å². The average molecular weight is 315 g/mol. The first-order chi connectivity index (χ1) is 11.2. The Morgan fingerprint density at radius 2 is 2.04 bits per heavy atom. The summed E-state index contributed by atoms with van der Waals surface area (Å²) < 4.78 is 7.68. The van der Waals surface area contributed by atoms with Crippen molar-refractivity contribution in [1.29, 1.82) is 0 Å². The van der Waals surface area contributed by atoms with Gasteiger partial charge in [-0.3, -0.25) is 4.90 Å². The number of nitrogens with zero attached hydrogens (tertiary/aromatic N) is 3. The Labute approximate surface area is 134 Å². The van der Waals surface area contributed by atoms with Crippen molar-refractivity contribution in [2.75, 3.05) is 32.8 Å². The standard InChI is InChI=1S/C17H21N3O3/c21-17(22)14-9-13-10-15(12-1-2-12)20(16(13)18-11-14)4-3-19-5-7-23-8-6-19/h9-12H,1-8H2,(H,21,22). The van der Waals surface area contributed by atoms with Crippen LogP contribution in [0, 0.1) is 0 Å². The maximum atomic E-state index is 11.1. The summed E-state index contributed by atoms with van der Waals surface area (Å²) in [5, 5.41) is 10.1. The number of hydrogen-bond donors (Lipinski definition) is 1. The summed E-state index contributed by atoms with van der Waals surface area (Å²) in [6.45, 7) is 5.46. The third-order valence-corrected chi connectivity index (χ3v) is 4.75. The number of aromatic nitrogens is 2. The van der Waals surface area contributed by atoms with Crippen molar-refractivity contribution >= 4 is 17.0 Å². The Morgan fingerprint density at radius 1 is 1.26 bits per heavy atom. The molecule has 1 aliphatic carbocycles. The van der Waals surface area contributed by atoms with Gasteiger partial charge in [-0.25, -0.2) is 9.78 Å². The van der Waals surface area contributed by atoms with E-state index >= 15 is 0 Å². The number of carboxylic acid groups (broad SMARTS) is 1. The van der Waals surface area contributed by atoms with Gasteiger partial charge in [0.15, 0.2) is 0 Å². The average Bonchev–Trinajstić information content (AvgIpc) is 3.35. The molecule has 1 N–H and O–H groups in total. The molecular formula is C17H21N3O3. The van der Waals surface area contributed by atoms with Crippen molar-refractivity contribution in [2.45, 2.75) is 25.3 Å². The van der Waals surface area contributed by atoms with Crippen LogP contribution < -0.4 is 0 Å². The molecule has 1 saturated carbocycles. The zero-order chi connectivity index (χ0) is 15.8. The fourth-order valence-corrected chi connectivity index (χ4v) is 3.30. The van der Waals surface area contributed by atoms with Crippen LogP contribution in [0.5, 0.6) is 0 Å². The lowest BCUT2D eigenvalue weighted by Gasteiger charge is -2.27. The van der Waals surface area contributed by atoms with E-state index in [9.17, 15) is 4.79 Å². The molecule has 2 aromatic heterocycles. The monoisotopic (exact) mass is 315 g/mol. The van der Waals surface area contributed by atoms with Gasteiger partial charge in [0, 0.05) is 43.5 Å². The van der Waals surface area contributed by atoms with Crippen LogP contribution in [-0.4, -0.2) is 58.4 Å². The summed E-state index contributed by atoms with van der Waals surface area (Å²) in [5.41, 5.74) is 2.47. The highest BCUT2D eigenvalue weighted by Gasteiger charge is 2.28. The number of hydrogen-bond acceptors (Lipinski definition) is 4. The Hall–Kier alpha value is -1.92. The van der Waals surface area contributed by atoms with Gasteiger partial charge in [0.25, 0.3) is 0 Å². The van der Waals surface area contributed by atoms with Crippen LogP contribution in [0.1, 0.15) is 34.8 Å². The predicted octanol–water partition coefficient (Wildman–Crippen LogP) is 1.94. The highest BCUT2D eigenvalue weighted by molar-refractivity contribution is 5.92. The summed E-state index contributed by atoms with van der Waals surface area (Å²) in [5.74, 6) is -0.310. The van der Waals surface area contributed by atoms with Crippen molar-refractivity contribution in [2.24, 2.45) is 0 Å². The van der Waals surface area contributed by atoms with Gasteiger partial charge in [0.1, 0.15) is 5.65 Å². The minimum absolute atomic E-state index is 0.255. The van der Waals surface area contributed by atoms with E-state index in [1.165, 1.54) is 24.7 Å². The minimum Gasteiger partial charge on any atom is -0.478 e. The quantitative estimate of drug-likeness (QED) is 0.913. The Morgan fingerprint density at radius 3 is 2.74 bits per heavy atom. The fraction of sp³-hybridized carbons (Fsp3) is 0.529. The van der Waals surface area contributed by atoms with E-state index in [-0.39, 0.29) is 5.56 Å². The highest BCUT2D eigenvalue weighted by Crippen LogP contribution is 2.42. The van der Waals surface area contributed by atoms with Gasteiger partial charge in [-0.2, -0.15) is 0 Å². The maximum absolute atomic E-state index is 11.1. The number of carbonyl (C=O) groups is 1. The second kappa shape index (κ2) is 5.94. The van der Waals surface area contributed by atoms with Gasteiger partial charge in [0.05, 0.1) is 18.8 Å². The normalized spacial score (nSPS) is 19.3. The molecule has 2 fully saturated rings. The Kier molecular flexibility index (Phi) is 3.79. The predicted molar refractivity (Wildman–Crippen MR) is 85.9 cm³/mol. The third kappa shape index (κ3) is 2.96. The van der Waals surface area contributed by atoms with Crippen LogP contribution in [-0.2, 0) is 11.3 Å². The van der Waals surface area contributed by atoms with E-state index in [0.717, 1.165) is 50.4 Å². The topological polar surface area (TPSA) is 67.6 Å². The summed E-state index contributed by atoms with van der Waals surface area (Å²) >= 11 is 0. The minimum atomic E-state index is -0.923. The van der Waals surface area contributed by atoms with Crippen molar-refractivity contribution < 1.29 is 14.6 Å². The summed E-state index contributed by atoms with van der Waals surface area (Å²) in [6.07, 6.45) is 3.91. The molecule has 0 atom stereocenters. The molecule has 122 valence electrons. The molecule has 6 nitrogen and oxygen atoms in total. The van der Waals surface area contributed by atoms with E-state index in [2.05, 4.69) is 20.5 Å². The molecule has 0 bridgehead atoms. The number of morpholine rings is 1. The number of fused-ring (bicyclic) bond motifs is 1. The molecule has 1 aliphatic heterocycles. The second-order valence-electron chi connectivity index (χ2n) is 6.39. The zero-order valence-electron chi connectivity index (χ0n) is 13.1.